The molecule has 0 spiro atoms. The lowest BCUT2D eigenvalue weighted by Crippen LogP contribution is -2.38. The molecular formula is C22H27FN4O2S2. The van der Waals surface area contributed by atoms with Crippen LogP contribution in [0.5, 0.6) is 0 Å². The maximum atomic E-state index is 13.9. The first-order valence-corrected chi connectivity index (χ1v) is 12.7. The van der Waals surface area contributed by atoms with Gasteiger partial charge in [-0.2, -0.15) is 5.10 Å². The summed E-state index contributed by atoms with van der Waals surface area (Å²) in [6.45, 7) is 6.42. The van der Waals surface area contributed by atoms with Gasteiger partial charge in [-0.15, -0.1) is 11.3 Å². The van der Waals surface area contributed by atoms with Crippen molar-refractivity contribution in [3.8, 4) is 10.6 Å². The van der Waals surface area contributed by atoms with Crippen LogP contribution in [-0.2, 0) is 16.6 Å². The van der Waals surface area contributed by atoms with Gasteiger partial charge in [-0.25, -0.2) is 17.5 Å². The minimum Gasteiger partial charge on any atom is -0.299 e. The van der Waals surface area contributed by atoms with Crippen LogP contribution < -0.4 is 4.72 Å². The highest BCUT2D eigenvalue weighted by Crippen LogP contribution is 2.33. The maximum Gasteiger partial charge on any atom is 0.241 e. The number of piperidine rings is 1. The second-order valence-electron chi connectivity index (χ2n) is 8.13. The number of halogens is 1. The fraction of sp³-hybridized carbons (Fsp3) is 0.409. The monoisotopic (exact) mass is 462 g/mol. The summed E-state index contributed by atoms with van der Waals surface area (Å²) >= 11 is 1.43. The number of nitrogens with zero attached hydrogens (tertiary/aromatic N) is 2. The van der Waals surface area contributed by atoms with E-state index in [1.807, 2.05) is 32.0 Å². The molecule has 0 aliphatic carbocycles. The lowest BCUT2D eigenvalue weighted by atomic mass is 9.97. The van der Waals surface area contributed by atoms with Crippen molar-refractivity contribution in [2.24, 2.45) is 5.92 Å². The number of aryl methyl sites for hydroxylation is 2. The molecule has 0 amide bonds. The smallest absolute Gasteiger partial charge is 0.241 e. The average molecular weight is 463 g/mol. The van der Waals surface area contributed by atoms with E-state index in [-0.39, 0.29) is 11.7 Å². The van der Waals surface area contributed by atoms with Gasteiger partial charge in [0.15, 0.2) is 0 Å². The Bertz CT molecular complexity index is 1150. The summed E-state index contributed by atoms with van der Waals surface area (Å²) in [4.78, 5) is 4.14. The summed E-state index contributed by atoms with van der Waals surface area (Å²) in [6, 6.07) is 10.5. The Morgan fingerprint density at radius 3 is 2.65 bits per heavy atom. The van der Waals surface area contributed by atoms with Crippen molar-refractivity contribution < 1.29 is 12.8 Å². The van der Waals surface area contributed by atoms with Crippen LogP contribution in [-0.4, -0.2) is 43.1 Å². The standard InChI is InChI=1S/C22H27FN4O2S2/c1-15-11-20(26-25-15)21-12-22(16(2)30-21)31(28,29)24-13-17-7-9-27(10-8-17)14-18-5-3-4-6-19(18)23/h3-6,11-12,17,24H,7-10,13-14H2,1-2H3,(H,25,26). The van der Waals surface area contributed by atoms with Crippen LogP contribution in [0.3, 0.4) is 0 Å². The van der Waals surface area contributed by atoms with Gasteiger partial charge >= 0.3 is 0 Å². The summed E-state index contributed by atoms with van der Waals surface area (Å²) in [5.41, 5.74) is 2.40. The summed E-state index contributed by atoms with van der Waals surface area (Å²) in [5.74, 6) is 0.104. The van der Waals surface area contributed by atoms with Crippen molar-refractivity contribution in [1.82, 2.24) is 19.8 Å². The average Bonchev–Trinajstić information content (AvgIpc) is 3.35. The first kappa shape index (κ1) is 22.1. The predicted octanol–water partition coefficient (Wildman–Crippen LogP) is 4.08. The fourth-order valence-electron chi connectivity index (χ4n) is 3.92. The molecule has 1 fully saturated rings. The zero-order valence-corrected chi connectivity index (χ0v) is 19.3. The molecule has 3 heterocycles. The number of rotatable bonds is 7. The van der Waals surface area contributed by atoms with Crippen LogP contribution >= 0.6 is 11.3 Å². The molecule has 1 aliphatic heterocycles. The molecule has 1 saturated heterocycles. The van der Waals surface area contributed by atoms with Gasteiger partial charge in [0.2, 0.25) is 10.0 Å². The van der Waals surface area contributed by atoms with Gasteiger partial charge < -0.3 is 0 Å². The Balaban J connectivity index is 1.32. The quantitative estimate of drug-likeness (QED) is 0.555. The highest BCUT2D eigenvalue weighted by molar-refractivity contribution is 7.89. The van der Waals surface area contributed by atoms with Crippen molar-refractivity contribution in [3.63, 3.8) is 0 Å². The molecule has 0 radical (unpaired) electrons. The van der Waals surface area contributed by atoms with E-state index in [9.17, 15) is 12.8 Å². The fourth-order valence-corrected chi connectivity index (χ4v) is 6.59. The third-order valence-electron chi connectivity index (χ3n) is 5.74. The third kappa shape index (κ3) is 5.23. The summed E-state index contributed by atoms with van der Waals surface area (Å²) in [7, 11) is -3.58. The predicted molar refractivity (Wildman–Crippen MR) is 121 cm³/mol. The first-order valence-electron chi connectivity index (χ1n) is 10.4. The van der Waals surface area contributed by atoms with Crippen LogP contribution in [0.15, 0.2) is 41.3 Å². The Kier molecular flexibility index (Phi) is 6.57. The van der Waals surface area contributed by atoms with Gasteiger partial charge in [-0.3, -0.25) is 10.00 Å². The molecule has 0 saturated carbocycles. The van der Waals surface area contributed by atoms with E-state index >= 15 is 0 Å². The van der Waals surface area contributed by atoms with E-state index in [1.165, 1.54) is 17.4 Å². The van der Waals surface area contributed by atoms with Gasteiger partial charge in [0.25, 0.3) is 0 Å². The summed E-state index contributed by atoms with van der Waals surface area (Å²) in [5, 5.41) is 7.12. The largest absolute Gasteiger partial charge is 0.299 e. The lowest BCUT2D eigenvalue weighted by Gasteiger charge is -2.32. The highest BCUT2D eigenvalue weighted by Gasteiger charge is 2.25. The zero-order valence-electron chi connectivity index (χ0n) is 17.7. The number of thiophene rings is 1. The molecule has 9 heteroatoms. The van der Waals surface area contributed by atoms with Crippen LogP contribution in [0, 0.1) is 25.6 Å². The van der Waals surface area contributed by atoms with E-state index < -0.39 is 10.0 Å². The molecule has 1 aromatic carbocycles. The molecule has 4 rings (SSSR count). The molecule has 0 bridgehead atoms. The molecule has 31 heavy (non-hydrogen) atoms. The number of benzene rings is 1. The third-order valence-corrected chi connectivity index (χ3v) is 8.49. The zero-order chi connectivity index (χ0) is 22.0. The van der Waals surface area contributed by atoms with Crippen LogP contribution in [0.25, 0.3) is 10.6 Å². The molecule has 1 aliphatic rings. The van der Waals surface area contributed by atoms with Crippen LogP contribution in [0.4, 0.5) is 4.39 Å². The van der Waals surface area contributed by atoms with Crippen LogP contribution in [0.1, 0.15) is 29.0 Å². The van der Waals surface area contributed by atoms with Crippen molar-refractivity contribution in [3.05, 3.63) is 58.3 Å². The molecule has 3 aromatic rings. The normalized spacial score (nSPS) is 16.1. The molecule has 6 nitrogen and oxygen atoms in total. The minimum atomic E-state index is -3.58. The van der Waals surface area contributed by atoms with Gasteiger partial charge in [0.05, 0.1) is 9.77 Å². The van der Waals surface area contributed by atoms with Crippen molar-refractivity contribution >= 4 is 21.4 Å². The molecule has 166 valence electrons. The number of hydrogen-bond acceptors (Lipinski definition) is 5. The number of hydrogen-bond donors (Lipinski definition) is 2. The van der Waals surface area contributed by atoms with Gasteiger partial charge in [-0.05, 0) is 63.9 Å². The first-order chi connectivity index (χ1) is 14.8. The Hall–Kier alpha value is -2.07. The van der Waals surface area contributed by atoms with Crippen LogP contribution in [0.2, 0.25) is 0 Å². The number of sulfonamides is 1. The molecule has 0 atom stereocenters. The maximum absolute atomic E-state index is 13.9. The van der Waals surface area contributed by atoms with E-state index in [2.05, 4.69) is 19.8 Å². The SMILES string of the molecule is Cc1cc(-c2cc(S(=O)(=O)NCC3CCN(Cc4ccccc4F)CC3)c(C)s2)n[nH]1. The Morgan fingerprint density at radius 1 is 1.23 bits per heavy atom. The number of H-pyrrole nitrogens is 1. The lowest BCUT2D eigenvalue weighted by molar-refractivity contribution is 0.177. The van der Waals surface area contributed by atoms with E-state index in [4.69, 9.17) is 0 Å². The topological polar surface area (TPSA) is 78.1 Å². The summed E-state index contributed by atoms with van der Waals surface area (Å²) in [6.07, 6.45) is 1.77. The number of aromatic amines is 1. The van der Waals surface area contributed by atoms with E-state index in [0.29, 0.717) is 23.5 Å². The van der Waals surface area contributed by atoms with Crippen molar-refractivity contribution in [2.45, 2.75) is 38.1 Å². The van der Waals surface area contributed by atoms with E-state index in [0.717, 1.165) is 47.1 Å². The van der Waals surface area contributed by atoms with Crippen molar-refractivity contribution in [2.75, 3.05) is 19.6 Å². The van der Waals surface area contributed by atoms with Gasteiger partial charge in [0, 0.05) is 29.2 Å². The number of aromatic nitrogens is 2. The number of likely N-dealkylation sites (tertiary alicyclic amines) is 1. The molecule has 0 unspecified atom stereocenters. The molecule has 2 N–H and O–H groups in total. The summed E-state index contributed by atoms with van der Waals surface area (Å²) < 4.78 is 42.5. The second-order valence-corrected chi connectivity index (χ2v) is 11.1. The molecular weight excluding hydrogens is 435 g/mol. The molecule has 2 aromatic heterocycles. The van der Waals surface area contributed by atoms with Gasteiger partial charge in [-0.1, -0.05) is 18.2 Å². The van der Waals surface area contributed by atoms with Gasteiger partial charge in [0.1, 0.15) is 11.5 Å². The van der Waals surface area contributed by atoms with E-state index in [1.54, 1.807) is 12.1 Å². The highest BCUT2D eigenvalue weighted by atomic mass is 32.2. The second kappa shape index (κ2) is 9.20. The van der Waals surface area contributed by atoms with Crippen molar-refractivity contribution in [1.29, 1.82) is 0 Å². The Labute approximate surface area is 186 Å². The Morgan fingerprint density at radius 2 is 1.97 bits per heavy atom. The minimum absolute atomic E-state index is 0.173. The number of nitrogens with one attached hydrogen (secondary N) is 2.